The molecule has 2 aliphatic heterocycles. The molecule has 0 bridgehead atoms. The number of hydrogen-bond donors (Lipinski definition) is 2. The molecule has 0 aromatic carbocycles. The van der Waals surface area contributed by atoms with Crippen LogP contribution < -0.4 is 5.32 Å². The molecule has 0 radical (unpaired) electrons. The highest BCUT2D eigenvalue weighted by molar-refractivity contribution is 8.13. The molecule has 2 N–H and O–H groups in total. The predicted octanol–water partition coefficient (Wildman–Crippen LogP) is 5.62. The number of aliphatic hydroxyl groups excluding tert-OH is 1. The standard InChI is InChI=1S/C20H36N2OS.C2H6/c1-5-15(23)11-19(3,4)12-16-14(2)20(9-7-6-8-10-20)17-18(22-16)21-13-24-17;1-2/h13-18,22-23H,5-12H2,1-4H3;1-2H3/t14-,15?,16?,17?,18+;/m0./s1. The first-order valence-corrected chi connectivity index (χ1v) is 11.9. The first-order chi connectivity index (χ1) is 12.4. The number of nitrogens with one attached hydrogen (secondary N) is 1. The molecule has 3 nitrogen and oxygen atoms in total. The van der Waals surface area contributed by atoms with Gasteiger partial charge in [0.1, 0.15) is 6.17 Å². The molecule has 2 fully saturated rings. The SMILES string of the molecule is CC.CCC(O)CC(C)(C)CC1N[C@H]2N=CSC2C2(CCCCC2)[C@H]1C. The molecule has 3 rings (SSSR count). The summed E-state index contributed by atoms with van der Waals surface area (Å²) >= 11 is 1.98. The number of aliphatic imine (C=N–C) groups is 1. The van der Waals surface area contributed by atoms with E-state index >= 15 is 0 Å². The van der Waals surface area contributed by atoms with E-state index in [1.807, 2.05) is 25.6 Å². The van der Waals surface area contributed by atoms with E-state index in [-0.39, 0.29) is 11.5 Å². The van der Waals surface area contributed by atoms with Gasteiger partial charge in [0.15, 0.2) is 0 Å². The maximum atomic E-state index is 10.1. The van der Waals surface area contributed by atoms with Crippen LogP contribution in [-0.4, -0.2) is 34.2 Å². The fraction of sp³-hybridized carbons (Fsp3) is 0.955. The Morgan fingerprint density at radius 3 is 2.54 bits per heavy atom. The Morgan fingerprint density at radius 2 is 1.92 bits per heavy atom. The van der Waals surface area contributed by atoms with Crippen molar-refractivity contribution in [2.75, 3.05) is 0 Å². The molecule has 0 aromatic rings. The number of aliphatic hydroxyl groups is 1. The van der Waals surface area contributed by atoms with Crippen LogP contribution in [0.1, 0.15) is 92.9 Å². The average Bonchev–Trinajstić information content (AvgIpc) is 3.10. The fourth-order valence-corrected chi connectivity index (χ4v) is 6.92. The van der Waals surface area contributed by atoms with Gasteiger partial charge in [0.05, 0.1) is 16.9 Å². The van der Waals surface area contributed by atoms with Crippen LogP contribution >= 0.6 is 11.8 Å². The summed E-state index contributed by atoms with van der Waals surface area (Å²) in [5.41, 5.74) is 2.72. The van der Waals surface area contributed by atoms with Crippen LogP contribution in [0.25, 0.3) is 0 Å². The third kappa shape index (κ3) is 4.67. The van der Waals surface area contributed by atoms with Crippen molar-refractivity contribution in [2.45, 2.75) is 116 Å². The van der Waals surface area contributed by atoms with Crippen LogP contribution in [0.2, 0.25) is 0 Å². The van der Waals surface area contributed by atoms with E-state index in [1.165, 1.54) is 32.1 Å². The van der Waals surface area contributed by atoms with Gasteiger partial charge in [0.2, 0.25) is 0 Å². The van der Waals surface area contributed by atoms with E-state index in [0.717, 1.165) is 19.3 Å². The Labute approximate surface area is 166 Å². The van der Waals surface area contributed by atoms with Crippen molar-refractivity contribution in [3.05, 3.63) is 0 Å². The molecule has 2 heterocycles. The van der Waals surface area contributed by atoms with Crippen LogP contribution in [-0.2, 0) is 0 Å². The van der Waals surface area contributed by atoms with Crippen LogP contribution in [0, 0.1) is 16.7 Å². The van der Waals surface area contributed by atoms with Crippen molar-refractivity contribution >= 4 is 17.3 Å². The van der Waals surface area contributed by atoms with E-state index in [1.54, 1.807) is 0 Å². The Morgan fingerprint density at radius 1 is 1.27 bits per heavy atom. The number of nitrogens with zero attached hydrogens (tertiary/aromatic N) is 1. The van der Waals surface area contributed by atoms with Gasteiger partial charge < -0.3 is 5.11 Å². The molecule has 152 valence electrons. The first-order valence-electron chi connectivity index (χ1n) is 11.0. The molecule has 1 saturated heterocycles. The molecule has 0 amide bonds. The van der Waals surface area contributed by atoms with Crippen molar-refractivity contribution < 1.29 is 5.11 Å². The lowest BCUT2D eigenvalue weighted by Crippen LogP contribution is -2.62. The zero-order chi connectivity index (χ0) is 19.4. The van der Waals surface area contributed by atoms with Gasteiger partial charge in [-0.2, -0.15) is 0 Å². The van der Waals surface area contributed by atoms with Gasteiger partial charge >= 0.3 is 0 Å². The third-order valence-electron chi connectivity index (χ3n) is 6.99. The Balaban J connectivity index is 0.00000117. The molecule has 3 unspecified atom stereocenters. The molecule has 4 heteroatoms. The summed E-state index contributed by atoms with van der Waals surface area (Å²) in [6.07, 6.45) is 9.96. The molecular formula is C22H42N2OS. The van der Waals surface area contributed by atoms with Crippen LogP contribution in [0.4, 0.5) is 0 Å². The van der Waals surface area contributed by atoms with Crippen LogP contribution in [0.3, 0.4) is 0 Å². The maximum Gasteiger partial charge on any atom is 0.113 e. The van der Waals surface area contributed by atoms with Crippen LogP contribution in [0.5, 0.6) is 0 Å². The van der Waals surface area contributed by atoms with E-state index in [2.05, 4.69) is 38.6 Å². The number of fused-ring (bicyclic) bond motifs is 2. The van der Waals surface area contributed by atoms with Gasteiger partial charge in [0, 0.05) is 6.04 Å². The lowest BCUT2D eigenvalue weighted by Gasteiger charge is -2.55. The number of thioether (sulfide) groups is 1. The zero-order valence-electron chi connectivity index (χ0n) is 17.9. The number of piperidine rings is 1. The van der Waals surface area contributed by atoms with E-state index in [9.17, 15) is 5.11 Å². The van der Waals surface area contributed by atoms with E-state index in [4.69, 9.17) is 4.99 Å². The topological polar surface area (TPSA) is 44.6 Å². The summed E-state index contributed by atoms with van der Waals surface area (Å²) in [6.45, 7) is 13.2. The smallest absolute Gasteiger partial charge is 0.113 e. The lowest BCUT2D eigenvalue weighted by atomic mass is 9.58. The third-order valence-corrected chi connectivity index (χ3v) is 8.26. The Bertz CT molecular complexity index is 459. The molecule has 1 aliphatic carbocycles. The van der Waals surface area contributed by atoms with Gasteiger partial charge in [-0.3, -0.25) is 10.3 Å². The number of hydrogen-bond acceptors (Lipinski definition) is 4. The highest BCUT2D eigenvalue weighted by Crippen LogP contribution is 2.56. The van der Waals surface area contributed by atoms with Crippen LogP contribution in [0.15, 0.2) is 4.99 Å². The molecular weight excluding hydrogens is 340 g/mol. The highest BCUT2D eigenvalue weighted by atomic mass is 32.2. The largest absolute Gasteiger partial charge is 0.393 e. The molecule has 5 atom stereocenters. The minimum absolute atomic E-state index is 0.166. The lowest BCUT2D eigenvalue weighted by molar-refractivity contribution is 0.00675. The van der Waals surface area contributed by atoms with E-state index in [0.29, 0.717) is 28.8 Å². The molecule has 26 heavy (non-hydrogen) atoms. The second kappa shape index (κ2) is 9.43. The molecule has 1 spiro atoms. The number of rotatable bonds is 5. The first kappa shape index (κ1) is 22.2. The minimum Gasteiger partial charge on any atom is -0.393 e. The molecule has 1 saturated carbocycles. The Hall–Kier alpha value is -0.0600. The monoisotopic (exact) mass is 382 g/mol. The van der Waals surface area contributed by atoms with Gasteiger partial charge in [-0.25, -0.2) is 0 Å². The van der Waals surface area contributed by atoms with Crippen molar-refractivity contribution in [1.29, 1.82) is 0 Å². The quantitative estimate of drug-likeness (QED) is 0.649. The van der Waals surface area contributed by atoms with Crippen molar-refractivity contribution in [2.24, 2.45) is 21.7 Å². The summed E-state index contributed by atoms with van der Waals surface area (Å²) in [6, 6.07) is 0.513. The highest BCUT2D eigenvalue weighted by Gasteiger charge is 2.55. The van der Waals surface area contributed by atoms with Gasteiger partial charge in [-0.05, 0) is 48.9 Å². The Kier molecular flexibility index (Phi) is 8.06. The van der Waals surface area contributed by atoms with Crippen molar-refractivity contribution in [1.82, 2.24) is 5.32 Å². The normalized spacial score (nSPS) is 34.1. The minimum atomic E-state index is -0.171. The second-order valence-corrected chi connectivity index (χ2v) is 10.2. The fourth-order valence-electron chi connectivity index (χ4n) is 5.57. The summed E-state index contributed by atoms with van der Waals surface area (Å²) in [4.78, 5) is 4.78. The second-order valence-electron chi connectivity index (χ2n) is 9.25. The summed E-state index contributed by atoms with van der Waals surface area (Å²) in [5.74, 6) is 0.686. The zero-order valence-corrected chi connectivity index (χ0v) is 18.7. The summed E-state index contributed by atoms with van der Waals surface area (Å²) in [5, 5.41) is 14.7. The molecule has 0 aromatic heterocycles. The predicted molar refractivity (Wildman–Crippen MR) is 116 cm³/mol. The van der Waals surface area contributed by atoms with Gasteiger partial charge in [0.25, 0.3) is 0 Å². The van der Waals surface area contributed by atoms with Gasteiger partial charge in [-0.1, -0.05) is 60.8 Å². The van der Waals surface area contributed by atoms with Crippen molar-refractivity contribution in [3.63, 3.8) is 0 Å². The van der Waals surface area contributed by atoms with Gasteiger partial charge in [-0.15, -0.1) is 11.8 Å². The van der Waals surface area contributed by atoms with Crippen molar-refractivity contribution in [3.8, 4) is 0 Å². The average molecular weight is 383 g/mol. The van der Waals surface area contributed by atoms with E-state index < -0.39 is 0 Å². The molecule has 3 aliphatic rings. The maximum absolute atomic E-state index is 10.1. The summed E-state index contributed by atoms with van der Waals surface area (Å²) in [7, 11) is 0. The summed E-state index contributed by atoms with van der Waals surface area (Å²) < 4.78 is 0.